The molecule has 0 saturated heterocycles. The second-order valence-electron chi connectivity index (χ2n) is 3.46. The van der Waals surface area contributed by atoms with Crippen molar-refractivity contribution >= 4 is 5.97 Å². The summed E-state index contributed by atoms with van der Waals surface area (Å²) in [4.78, 5) is 10.8. The first-order valence-electron chi connectivity index (χ1n) is 4.52. The number of aliphatic carboxylic acids is 1. The van der Waals surface area contributed by atoms with Gasteiger partial charge < -0.3 is 25.5 Å². The Bertz CT molecular complexity index is 460. The molecule has 0 amide bonds. The molecule has 1 rings (SSSR count). The largest absolute Gasteiger partial charge is 0.507 e. The van der Waals surface area contributed by atoms with Gasteiger partial charge in [-0.15, -0.1) is 0 Å². The van der Waals surface area contributed by atoms with Gasteiger partial charge in [-0.1, -0.05) is 12.1 Å². The predicted octanol–water partition coefficient (Wildman–Crippen LogP) is -1.62. The maximum atomic E-state index is 10.8. The molecular weight excluding hydrogens is 250 g/mol. The normalized spacial score (nSPS) is 15.4. The van der Waals surface area contributed by atoms with Crippen molar-refractivity contribution in [1.29, 1.82) is 0 Å². The number of nitrogens with zero attached hydrogens (tertiary/aromatic N) is 1. The van der Waals surface area contributed by atoms with E-state index in [2.05, 4.69) is 0 Å². The number of carbonyl (C=O) groups is 1. The molecule has 0 unspecified atom stereocenters. The molecule has 1 aromatic carbocycles. The number of hydroxylamine groups is 2. The Hall–Kier alpha value is -1.75. The van der Waals surface area contributed by atoms with Crippen LogP contribution >= 0.6 is 0 Å². The topological polar surface area (TPSA) is 162 Å². The summed E-state index contributed by atoms with van der Waals surface area (Å²) in [6, 6.07) is 4.37. The molecule has 0 spiro atoms. The number of carboxylic acid groups (broad SMARTS) is 1. The van der Waals surface area contributed by atoms with Gasteiger partial charge in [-0.2, -0.15) is 0 Å². The molecule has 9 nitrogen and oxygen atoms in total. The molecule has 0 saturated carbocycles. The fourth-order valence-electron chi connectivity index (χ4n) is 1.33. The lowest BCUT2D eigenvalue weighted by molar-refractivity contribution is -0.465. The molecule has 0 fully saturated rings. The summed E-state index contributed by atoms with van der Waals surface area (Å²) < 4.78 is 0. The number of para-hydroxylation sites is 1. The van der Waals surface area contributed by atoms with Crippen molar-refractivity contribution in [3.05, 3.63) is 29.8 Å². The minimum Gasteiger partial charge on any atom is -0.507 e. The summed E-state index contributed by atoms with van der Waals surface area (Å²) in [7, 11) is 0. The van der Waals surface area contributed by atoms with Crippen LogP contribution in [0.15, 0.2) is 24.3 Å². The minimum absolute atomic E-state index is 0.760. The minimum atomic E-state index is -3.90. The van der Waals surface area contributed by atoms with Crippen molar-refractivity contribution < 1.29 is 40.7 Å². The Morgan fingerprint density at radius 2 is 1.61 bits per heavy atom. The van der Waals surface area contributed by atoms with Crippen LogP contribution < -0.4 is 0 Å². The summed E-state index contributed by atoms with van der Waals surface area (Å²) >= 11 is 0. The average Bonchev–Trinajstić information content (AvgIpc) is 2.27. The lowest BCUT2D eigenvalue weighted by Gasteiger charge is -2.37. The second kappa shape index (κ2) is 4.49. The molecule has 0 aromatic heterocycles. The van der Waals surface area contributed by atoms with Gasteiger partial charge in [-0.25, -0.2) is 4.79 Å². The number of phenols is 1. The van der Waals surface area contributed by atoms with E-state index in [1.165, 1.54) is 12.1 Å². The third kappa shape index (κ3) is 1.90. The molecule has 0 aliphatic rings. The summed E-state index contributed by atoms with van der Waals surface area (Å²) in [5.41, 5.74) is -4.73. The van der Waals surface area contributed by atoms with Crippen LogP contribution in [0.2, 0.25) is 0 Å². The zero-order chi connectivity index (χ0) is 14.1. The molecule has 7 N–H and O–H groups in total. The Balaban J connectivity index is 3.44. The van der Waals surface area contributed by atoms with Crippen molar-refractivity contribution in [1.82, 2.24) is 5.23 Å². The summed E-state index contributed by atoms with van der Waals surface area (Å²) in [5.74, 6) is -6.81. The van der Waals surface area contributed by atoms with Gasteiger partial charge in [0.2, 0.25) is 0 Å². The van der Waals surface area contributed by atoms with Crippen molar-refractivity contribution in [3.8, 4) is 5.75 Å². The van der Waals surface area contributed by atoms with Gasteiger partial charge in [0.15, 0.2) is 0 Å². The molecule has 18 heavy (non-hydrogen) atoms. The number of aromatic hydroxyl groups is 1. The van der Waals surface area contributed by atoms with E-state index in [1.807, 2.05) is 0 Å². The fourth-order valence-corrected chi connectivity index (χ4v) is 1.33. The predicted molar refractivity (Wildman–Crippen MR) is 52.2 cm³/mol. The smallest absolute Gasteiger partial charge is 0.362 e. The van der Waals surface area contributed by atoms with E-state index in [4.69, 9.17) is 15.5 Å². The van der Waals surface area contributed by atoms with E-state index >= 15 is 0 Å². The fraction of sp³-hybridized carbons (Fsp3) is 0.222. The van der Waals surface area contributed by atoms with Crippen molar-refractivity contribution in [3.63, 3.8) is 0 Å². The van der Waals surface area contributed by atoms with E-state index in [0.29, 0.717) is 0 Å². The molecular formula is C9H11NO8. The van der Waals surface area contributed by atoms with Crippen LogP contribution in [0, 0.1) is 0 Å². The van der Waals surface area contributed by atoms with Gasteiger partial charge in [0.05, 0.1) is 5.56 Å². The van der Waals surface area contributed by atoms with Crippen LogP contribution in [-0.4, -0.2) is 52.9 Å². The Labute approximate surface area is 99.9 Å². The van der Waals surface area contributed by atoms with Crippen LogP contribution in [0.3, 0.4) is 0 Å². The lowest BCUT2D eigenvalue weighted by Crippen LogP contribution is -2.65. The third-order valence-corrected chi connectivity index (χ3v) is 2.35. The highest BCUT2D eigenvalue weighted by Gasteiger charge is 2.62. The number of hydrogen-bond donors (Lipinski definition) is 7. The standard InChI is InChI=1S/C9H11NO8/c11-6-4-2-1-3-5(6)9(15,16)8(14,7(12)13)10(17)18/h1-4,11,14-18H,(H,12,13)/t8-/m0/s1. The zero-order valence-corrected chi connectivity index (χ0v) is 8.80. The molecule has 0 aliphatic heterocycles. The van der Waals surface area contributed by atoms with Crippen LogP contribution in [0.5, 0.6) is 5.75 Å². The van der Waals surface area contributed by atoms with Gasteiger partial charge in [-0.05, 0) is 17.4 Å². The van der Waals surface area contributed by atoms with Crippen LogP contribution in [-0.2, 0) is 10.6 Å². The molecule has 1 atom stereocenters. The highest BCUT2D eigenvalue weighted by atomic mass is 16.8. The van der Waals surface area contributed by atoms with Gasteiger partial charge in [0.25, 0.3) is 5.79 Å². The highest BCUT2D eigenvalue weighted by molar-refractivity contribution is 5.78. The number of aliphatic hydroxyl groups is 3. The summed E-state index contributed by atoms with van der Waals surface area (Å²) in [5, 5.41) is 62.9. The number of hydrogen-bond acceptors (Lipinski definition) is 8. The van der Waals surface area contributed by atoms with Crippen molar-refractivity contribution in [2.45, 2.75) is 11.5 Å². The monoisotopic (exact) mass is 261 g/mol. The average molecular weight is 261 g/mol. The maximum absolute atomic E-state index is 10.8. The SMILES string of the molecule is O=C(O)[C@@](O)(N(O)O)C(O)(O)c1ccccc1O. The highest BCUT2D eigenvalue weighted by Crippen LogP contribution is 2.36. The lowest BCUT2D eigenvalue weighted by atomic mass is 9.94. The van der Waals surface area contributed by atoms with Crippen LogP contribution in [0.4, 0.5) is 0 Å². The second-order valence-corrected chi connectivity index (χ2v) is 3.46. The first-order chi connectivity index (χ1) is 8.15. The Kier molecular flexibility index (Phi) is 3.57. The first-order valence-corrected chi connectivity index (χ1v) is 4.52. The third-order valence-electron chi connectivity index (χ3n) is 2.35. The Morgan fingerprint density at radius 1 is 1.11 bits per heavy atom. The van der Waals surface area contributed by atoms with E-state index in [-0.39, 0.29) is 0 Å². The van der Waals surface area contributed by atoms with Crippen molar-refractivity contribution in [2.75, 3.05) is 0 Å². The number of carboxylic acids is 1. The van der Waals surface area contributed by atoms with Gasteiger partial charge in [0, 0.05) is 0 Å². The number of phenolic OH excluding ortho intramolecular Hbond substituents is 1. The van der Waals surface area contributed by atoms with E-state index in [0.717, 1.165) is 12.1 Å². The van der Waals surface area contributed by atoms with E-state index < -0.39 is 34.0 Å². The maximum Gasteiger partial charge on any atom is 0.362 e. The zero-order valence-electron chi connectivity index (χ0n) is 8.80. The molecule has 0 bridgehead atoms. The van der Waals surface area contributed by atoms with E-state index in [9.17, 15) is 25.2 Å². The van der Waals surface area contributed by atoms with Gasteiger partial charge >= 0.3 is 11.7 Å². The summed E-state index contributed by atoms with van der Waals surface area (Å²) in [6.45, 7) is 0. The quantitative estimate of drug-likeness (QED) is 0.249. The Morgan fingerprint density at radius 3 is 2.00 bits per heavy atom. The van der Waals surface area contributed by atoms with E-state index in [1.54, 1.807) is 0 Å². The first kappa shape index (κ1) is 14.3. The molecule has 100 valence electrons. The van der Waals surface area contributed by atoms with Gasteiger partial charge in [-0.3, -0.25) is 10.4 Å². The molecule has 0 radical (unpaired) electrons. The van der Waals surface area contributed by atoms with Crippen molar-refractivity contribution in [2.24, 2.45) is 0 Å². The van der Waals surface area contributed by atoms with Crippen LogP contribution in [0.1, 0.15) is 5.56 Å². The molecule has 0 heterocycles. The van der Waals surface area contributed by atoms with Crippen LogP contribution in [0.25, 0.3) is 0 Å². The number of benzene rings is 1. The molecule has 9 heteroatoms. The molecule has 1 aromatic rings. The molecule has 0 aliphatic carbocycles. The summed E-state index contributed by atoms with van der Waals surface area (Å²) in [6.07, 6.45) is 0. The van der Waals surface area contributed by atoms with Gasteiger partial charge in [0.1, 0.15) is 5.75 Å². The number of rotatable bonds is 4.